The van der Waals surface area contributed by atoms with Gasteiger partial charge in [0.25, 0.3) is 0 Å². The number of hydrogen-bond acceptors (Lipinski definition) is 3. The van der Waals surface area contributed by atoms with Crippen molar-refractivity contribution in [1.29, 1.82) is 0 Å². The van der Waals surface area contributed by atoms with Crippen LogP contribution in [0.4, 0.5) is 5.69 Å². The topological polar surface area (TPSA) is 44.5 Å². The van der Waals surface area contributed by atoms with Crippen LogP contribution in [-0.4, -0.2) is 7.11 Å². The molecule has 0 radical (unpaired) electrons. The highest BCUT2D eigenvalue weighted by Crippen LogP contribution is 2.37. The number of nitrogens with two attached hydrogens (primary N) is 1. The van der Waals surface area contributed by atoms with E-state index in [-0.39, 0.29) is 0 Å². The lowest BCUT2D eigenvalue weighted by atomic mass is 10.3. The van der Waals surface area contributed by atoms with Crippen molar-refractivity contribution in [2.24, 2.45) is 0 Å². The first-order valence-corrected chi connectivity index (χ1v) is 6.40. The van der Waals surface area contributed by atoms with Gasteiger partial charge in [-0.05, 0) is 18.2 Å². The molecule has 0 atom stereocenters. The molecular formula is C13H10Cl3NO2. The quantitative estimate of drug-likeness (QED) is 0.637. The van der Waals surface area contributed by atoms with Gasteiger partial charge in [0.2, 0.25) is 0 Å². The molecule has 0 saturated carbocycles. The number of nitrogen functional groups attached to an aromatic ring is 1. The molecule has 0 spiro atoms. The van der Waals surface area contributed by atoms with Crippen molar-refractivity contribution in [2.75, 3.05) is 12.8 Å². The van der Waals surface area contributed by atoms with Gasteiger partial charge in [0.05, 0.1) is 27.9 Å². The van der Waals surface area contributed by atoms with Gasteiger partial charge in [-0.25, -0.2) is 0 Å². The normalized spacial score (nSPS) is 10.3. The van der Waals surface area contributed by atoms with Crippen molar-refractivity contribution in [2.45, 2.75) is 0 Å². The summed E-state index contributed by atoms with van der Waals surface area (Å²) in [7, 11) is 1.53. The van der Waals surface area contributed by atoms with E-state index in [0.29, 0.717) is 38.0 Å². The third kappa shape index (κ3) is 3.18. The molecule has 0 unspecified atom stereocenters. The molecule has 3 nitrogen and oxygen atoms in total. The van der Waals surface area contributed by atoms with E-state index >= 15 is 0 Å². The van der Waals surface area contributed by atoms with Gasteiger partial charge in [-0.2, -0.15) is 0 Å². The second kappa shape index (κ2) is 5.78. The third-order valence-corrected chi connectivity index (χ3v) is 3.43. The number of anilines is 1. The lowest BCUT2D eigenvalue weighted by Crippen LogP contribution is -1.93. The van der Waals surface area contributed by atoms with E-state index < -0.39 is 0 Å². The number of methoxy groups -OCH3 is 1. The summed E-state index contributed by atoms with van der Waals surface area (Å²) in [6.45, 7) is 0. The van der Waals surface area contributed by atoms with Crippen molar-refractivity contribution in [1.82, 2.24) is 0 Å². The number of halogens is 3. The highest BCUT2D eigenvalue weighted by atomic mass is 35.5. The van der Waals surface area contributed by atoms with E-state index in [2.05, 4.69) is 0 Å². The van der Waals surface area contributed by atoms with Crippen LogP contribution < -0.4 is 15.2 Å². The largest absolute Gasteiger partial charge is 0.494 e. The molecule has 2 N–H and O–H groups in total. The Hall–Kier alpha value is -1.29. The SMILES string of the molecule is COc1cc(Oc2cc(Cl)c(Cl)cc2Cl)ccc1N. The monoisotopic (exact) mass is 317 g/mol. The first-order chi connectivity index (χ1) is 9.01. The Bertz CT molecular complexity index is 617. The lowest BCUT2D eigenvalue weighted by molar-refractivity contribution is 0.411. The second-order valence-electron chi connectivity index (χ2n) is 3.70. The average molecular weight is 319 g/mol. The minimum atomic E-state index is 0.364. The van der Waals surface area contributed by atoms with E-state index in [1.165, 1.54) is 13.2 Å². The molecule has 2 aromatic carbocycles. The molecular weight excluding hydrogens is 309 g/mol. The van der Waals surface area contributed by atoms with Crippen molar-refractivity contribution in [3.8, 4) is 17.2 Å². The van der Waals surface area contributed by atoms with Gasteiger partial charge < -0.3 is 15.2 Å². The summed E-state index contributed by atoms with van der Waals surface area (Å²) in [5.74, 6) is 1.46. The number of ether oxygens (including phenoxy) is 2. The van der Waals surface area contributed by atoms with Crippen LogP contribution in [0.15, 0.2) is 30.3 Å². The zero-order chi connectivity index (χ0) is 14.0. The molecule has 0 saturated heterocycles. The average Bonchev–Trinajstić information content (AvgIpc) is 2.38. The first-order valence-electron chi connectivity index (χ1n) is 5.27. The number of benzene rings is 2. The molecule has 0 bridgehead atoms. The molecule has 2 rings (SSSR count). The van der Waals surface area contributed by atoms with Crippen LogP contribution in [0.1, 0.15) is 0 Å². The van der Waals surface area contributed by atoms with E-state index in [4.69, 9.17) is 50.0 Å². The molecule has 0 fully saturated rings. The number of rotatable bonds is 3. The summed E-state index contributed by atoms with van der Waals surface area (Å²) < 4.78 is 10.7. The molecule has 0 aliphatic carbocycles. The fourth-order valence-electron chi connectivity index (χ4n) is 1.46. The van der Waals surface area contributed by atoms with Crippen LogP contribution in [-0.2, 0) is 0 Å². The van der Waals surface area contributed by atoms with Gasteiger partial charge >= 0.3 is 0 Å². The van der Waals surface area contributed by atoms with E-state index in [1.807, 2.05) is 0 Å². The molecule has 100 valence electrons. The van der Waals surface area contributed by atoms with Gasteiger partial charge in [-0.15, -0.1) is 0 Å². The first kappa shape index (κ1) is 14.1. The Morgan fingerprint density at radius 2 is 1.58 bits per heavy atom. The van der Waals surface area contributed by atoms with Crippen molar-refractivity contribution < 1.29 is 9.47 Å². The Balaban J connectivity index is 2.33. The number of hydrogen-bond donors (Lipinski definition) is 1. The maximum Gasteiger partial charge on any atom is 0.147 e. The molecule has 0 aromatic heterocycles. The predicted molar refractivity (Wildman–Crippen MR) is 79.0 cm³/mol. The Labute approximate surface area is 125 Å². The van der Waals surface area contributed by atoms with Crippen molar-refractivity contribution in [3.05, 3.63) is 45.4 Å². The van der Waals surface area contributed by atoms with Gasteiger partial charge in [-0.1, -0.05) is 34.8 Å². The van der Waals surface area contributed by atoms with Crippen LogP contribution in [0, 0.1) is 0 Å². The Kier molecular flexibility index (Phi) is 4.30. The maximum absolute atomic E-state index is 6.03. The van der Waals surface area contributed by atoms with Crippen LogP contribution in [0.5, 0.6) is 17.2 Å². The molecule has 2 aromatic rings. The van der Waals surface area contributed by atoms with Gasteiger partial charge in [0.1, 0.15) is 17.2 Å². The third-order valence-electron chi connectivity index (χ3n) is 2.41. The zero-order valence-electron chi connectivity index (χ0n) is 9.91. The van der Waals surface area contributed by atoms with Gasteiger partial charge in [0, 0.05) is 12.1 Å². The standard InChI is InChI=1S/C13H10Cl3NO2/c1-18-13-4-7(2-3-11(13)17)19-12-6-9(15)8(14)5-10(12)16/h2-6H,17H2,1H3. The molecule has 6 heteroatoms. The molecule has 0 amide bonds. The fourth-order valence-corrected chi connectivity index (χ4v) is 2.04. The molecule has 0 aliphatic heterocycles. The highest BCUT2D eigenvalue weighted by Gasteiger charge is 2.09. The second-order valence-corrected chi connectivity index (χ2v) is 4.92. The van der Waals surface area contributed by atoms with Crippen LogP contribution in [0.25, 0.3) is 0 Å². The van der Waals surface area contributed by atoms with Crippen LogP contribution in [0.2, 0.25) is 15.1 Å². The summed E-state index contributed by atoms with van der Waals surface area (Å²) in [5, 5.41) is 1.10. The summed E-state index contributed by atoms with van der Waals surface area (Å²) in [6.07, 6.45) is 0. The van der Waals surface area contributed by atoms with Crippen molar-refractivity contribution in [3.63, 3.8) is 0 Å². The summed E-state index contributed by atoms with van der Waals surface area (Å²) >= 11 is 17.8. The van der Waals surface area contributed by atoms with Crippen LogP contribution in [0.3, 0.4) is 0 Å². The van der Waals surface area contributed by atoms with Gasteiger partial charge in [-0.3, -0.25) is 0 Å². The van der Waals surface area contributed by atoms with Crippen molar-refractivity contribution >= 4 is 40.5 Å². The highest BCUT2D eigenvalue weighted by molar-refractivity contribution is 6.43. The zero-order valence-corrected chi connectivity index (χ0v) is 12.2. The van der Waals surface area contributed by atoms with Crippen LogP contribution >= 0.6 is 34.8 Å². The minimum Gasteiger partial charge on any atom is -0.494 e. The maximum atomic E-state index is 6.03. The summed E-state index contributed by atoms with van der Waals surface area (Å²) in [5.41, 5.74) is 6.25. The Morgan fingerprint density at radius 3 is 2.26 bits per heavy atom. The molecule has 0 aliphatic rings. The Morgan fingerprint density at radius 1 is 0.895 bits per heavy atom. The lowest BCUT2D eigenvalue weighted by Gasteiger charge is -2.11. The summed E-state index contributed by atoms with van der Waals surface area (Å²) in [6, 6.07) is 8.12. The van der Waals surface area contributed by atoms with E-state index in [0.717, 1.165) is 0 Å². The fraction of sp³-hybridized carbons (Fsp3) is 0.0769. The summed E-state index contributed by atoms with van der Waals surface area (Å²) in [4.78, 5) is 0. The van der Waals surface area contributed by atoms with Gasteiger partial charge in [0.15, 0.2) is 0 Å². The molecule has 19 heavy (non-hydrogen) atoms. The molecule has 0 heterocycles. The van der Waals surface area contributed by atoms with E-state index in [9.17, 15) is 0 Å². The van der Waals surface area contributed by atoms with E-state index in [1.54, 1.807) is 24.3 Å². The minimum absolute atomic E-state index is 0.364. The smallest absolute Gasteiger partial charge is 0.147 e. The predicted octanol–water partition coefficient (Wildman–Crippen LogP) is 5.03.